The number of rotatable bonds is 5. The van der Waals surface area contributed by atoms with Gasteiger partial charge in [0.25, 0.3) is 5.91 Å². The van der Waals surface area contributed by atoms with E-state index in [9.17, 15) is 9.59 Å². The first-order valence-corrected chi connectivity index (χ1v) is 13.3. The topological polar surface area (TPSA) is 99.2 Å². The van der Waals surface area contributed by atoms with Gasteiger partial charge in [-0.3, -0.25) is 9.59 Å². The van der Waals surface area contributed by atoms with E-state index in [4.69, 9.17) is 39.6 Å². The molecule has 4 heterocycles. The van der Waals surface area contributed by atoms with Crippen molar-refractivity contribution in [2.45, 2.75) is 25.0 Å². The standard InChI is InChI=1S/C25H27Cl3N6O3/c26-17-4-3-16(14-19(17)28)15-31-23(35)20-21(32-37-25(20)5-8-29-9-6-25)24(36)34-12-10-33(11-13-34)22-18(27)2-1-7-30-22/h1-4,7,14,20,29H,5-6,8-13,15H2,(H,31,35). The fourth-order valence-corrected chi connectivity index (χ4v) is 5.65. The number of pyridine rings is 1. The molecule has 9 nitrogen and oxygen atoms in total. The summed E-state index contributed by atoms with van der Waals surface area (Å²) >= 11 is 18.4. The van der Waals surface area contributed by atoms with Gasteiger partial charge in [0.05, 0.1) is 15.1 Å². The third kappa shape index (κ3) is 5.36. The Labute approximate surface area is 230 Å². The number of piperidine rings is 1. The highest BCUT2D eigenvalue weighted by Gasteiger charge is 2.55. The summed E-state index contributed by atoms with van der Waals surface area (Å²) in [6.45, 7) is 3.65. The first-order valence-electron chi connectivity index (χ1n) is 12.2. The van der Waals surface area contributed by atoms with Gasteiger partial charge in [0.1, 0.15) is 11.7 Å². The average molecular weight is 566 g/mol. The number of anilines is 1. The SMILES string of the molecule is O=C(NCc1ccc(Cl)c(Cl)c1)C1C(C(=O)N2CCN(c3ncccc3Cl)CC2)=NOC12CCNCC2. The molecule has 0 bridgehead atoms. The summed E-state index contributed by atoms with van der Waals surface area (Å²) in [7, 11) is 0. The van der Waals surface area contributed by atoms with Gasteiger partial charge in [-0.25, -0.2) is 4.98 Å². The number of carbonyl (C=O) groups excluding carboxylic acids is 2. The van der Waals surface area contributed by atoms with E-state index < -0.39 is 11.5 Å². The van der Waals surface area contributed by atoms with Gasteiger partial charge in [-0.05, 0) is 42.9 Å². The number of piperazine rings is 1. The van der Waals surface area contributed by atoms with Crippen molar-refractivity contribution >= 4 is 58.1 Å². The fourth-order valence-electron chi connectivity index (χ4n) is 5.08. The Balaban J connectivity index is 1.29. The van der Waals surface area contributed by atoms with E-state index in [1.807, 2.05) is 0 Å². The summed E-state index contributed by atoms with van der Waals surface area (Å²) in [6, 6.07) is 8.78. The van der Waals surface area contributed by atoms with Crippen molar-refractivity contribution in [3.63, 3.8) is 0 Å². The third-order valence-electron chi connectivity index (χ3n) is 7.11. The number of amides is 2. The largest absolute Gasteiger partial charge is 0.387 e. The summed E-state index contributed by atoms with van der Waals surface area (Å²) < 4.78 is 0. The molecule has 3 aliphatic rings. The van der Waals surface area contributed by atoms with Crippen LogP contribution in [0.5, 0.6) is 0 Å². The van der Waals surface area contributed by atoms with Crippen LogP contribution in [0.3, 0.4) is 0 Å². The molecule has 1 spiro atoms. The average Bonchev–Trinajstić information content (AvgIpc) is 3.27. The van der Waals surface area contributed by atoms with Crippen molar-refractivity contribution < 1.29 is 14.4 Å². The number of halogens is 3. The van der Waals surface area contributed by atoms with Crippen molar-refractivity contribution in [3.8, 4) is 0 Å². The van der Waals surface area contributed by atoms with Crippen LogP contribution in [0, 0.1) is 5.92 Å². The zero-order valence-electron chi connectivity index (χ0n) is 20.1. The summed E-state index contributed by atoms with van der Waals surface area (Å²) in [6.07, 6.45) is 2.84. The minimum Gasteiger partial charge on any atom is -0.387 e. The van der Waals surface area contributed by atoms with Crippen LogP contribution in [0.25, 0.3) is 0 Å². The smallest absolute Gasteiger partial charge is 0.272 e. The second kappa shape index (κ2) is 11.0. The van der Waals surface area contributed by atoms with Gasteiger partial charge in [-0.2, -0.15) is 0 Å². The zero-order chi connectivity index (χ0) is 26.0. The minimum absolute atomic E-state index is 0.151. The molecule has 196 valence electrons. The number of oxime groups is 1. The molecule has 2 amide bonds. The van der Waals surface area contributed by atoms with Crippen LogP contribution in [-0.2, 0) is 21.0 Å². The van der Waals surface area contributed by atoms with E-state index >= 15 is 0 Å². The maximum Gasteiger partial charge on any atom is 0.272 e. The lowest BCUT2D eigenvalue weighted by Crippen LogP contribution is -2.57. The second-order valence-electron chi connectivity index (χ2n) is 9.37. The third-order valence-corrected chi connectivity index (χ3v) is 8.15. The van der Waals surface area contributed by atoms with Gasteiger partial charge in [-0.15, -0.1) is 0 Å². The summed E-state index contributed by atoms with van der Waals surface area (Å²) in [4.78, 5) is 41.2. The van der Waals surface area contributed by atoms with Crippen molar-refractivity contribution in [3.05, 3.63) is 57.2 Å². The summed E-state index contributed by atoms with van der Waals surface area (Å²) in [5, 5.41) is 11.9. The van der Waals surface area contributed by atoms with Gasteiger partial charge in [0, 0.05) is 51.8 Å². The number of hydrogen-bond acceptors (Lipinski definition) is 7. The van der Waals surface area contributed by atoms with Crippen LogP contribution < -0.4 is 15.5 Å². The Morgan fingerprint density at radius 2 is 1.81 bits per heavy atom. The number of benzene rings is 1. The van der Waals surface area contributed by atoms with Crippen molar-refractivity contribution in [1.29, 1.82) is 0 Å². The number of nitrogens with zero attached hydrogens (tertiary/aromatic N) is 4. The maximum atomic E-state index is 13.6. The van der Waals surface area contributed by atoms with Gasteiger partial charge in [0.2, 0.25) is 5.91 Å². The minimum atomic E-state index is -0.846. The zero-order valence-corrected chi connectivity index (χ0v) is 22.3. The monoisotopic (exact) mass is 564 g/mol. The summed E-state index contributed by atoms with van der Waals surface area (Å²) in [5.41, 5.74) is 0.106. The normalized spacial score (nSPS) is 20.9. The van der Waals surface area contributed by atoms with E-state index in [-0.39, 0.29) is 24.1 Å². The molecule has 3 aliphatic heterocycles. The van der Waals surface area contributed by atoms with E-state index in [2.05, 4.69) is 25.7 Å². The van der Waals surface area contributed by atoms with Crippen LogP contribution in [0.1, 0.15) is 18.4 Å². The molecule has 0 aliphatic carbocycles. The molecular formula is C25H27Cl3N6O3. The van der Waals surface area contributed by atoms with Crippen LogP contribution in [0.4, 0.5) is 5.82 Å². The molecule has 2 saturated heterocycles. The lowest BCUT2D eigenvalue weighted by atomic mass is 9.77. The molecule has 2 fully saturated rings. The lowest BCUT2D eigenvalue weighted by molar-refractivity contribution is -0.135. The fraction of sp³-hybridized carbons (Fsp3) is 0.440. The van der Waals surface area contributed by atoms with Gasteiger partial charge in [-0.1, -0.05) is 46.0 Å². The molecule has 1 atom stereocenters. The van der Waals surface area contributed by atoms with E-state index in [0.29, 0.717) is 73.0 Å². The number of carbonyl (C=O) groups is 2. The van der Waals surface area contributed by atoms with Crippen molar-refractivity contribution in [2.24, 2.45) is 11.1 Å². The van der Waals surface area contributed by atoms with Crippen LogP contribution in [0.15, 0.2) is 41.7 Å². The highest BCUT2D eigenvalue weighted by Crippen LogP contribution is 2.39. The highest BCUT2D eigenvalue weighted by atomic mass is 35.5. The summed E-state index contributed by atoms with van der Waals surface area (Å²) in [5.74, 6) is -0.688. The van der Waals surface area contributed by atoms with Gasteiger partial charge < -0.3 is 25.3 Å². The lowest BCUT2D eigenvalue weighted by Gasteiger charge is -2.37. The van der Waals surface area contributed by atoms with Gasteiger partial charge in [0.15, 0.2) is 11.3 Å². The molecule has 1 unspecified atom stereocenters. The Bertz CT molecular complexity index is 1210. The molecule has 1 aromatic heterocycles. The molecule has 0 radical (unpaired) electrons. The molecule has 0 saturated carbocycles. The molecule has 5 rings (SSSR count). The van der Waals surface area contributed by atoms with Crippen LogP contribution in [0.2, 0.25) is 15.1 Å². The van der Waals surface area contributed by atoms with E-state index in [1.54, 1.807) is 41.4 Å². The number of nitrogens with one attached hydrogen (secondary N) is 2. The van der Waals surface area contributed by atoms with E-state index in [0.717, 1.165) is 5.56 Å². The molecule has 12 heteroatoms. The van der Waals surface area contributed by atoms with Crippen LogP contribution >= 0.6 is 34.8 Å². The predicted molar refractivity (Wildman–Crippen MR) is 143 cm³/mol. The predicted octanol–water partition coefficient (Wildman–Crippen LogP) is 3.13. The first kappa shape index (κ1) is 26.0. The Kier molecular flexibility index (Phi) is 7.76. The quantitative estimate of drug-likeness (QED) is 0.578. The Morgan fingerprint density at radius 1 is 1.05 bits per heavy atom. The number of hydrogen-bond donors (Lipinski definition) is 2. The Hall–Kier alpha value is -2.59. The molecular weight excluding hydrogens is 539 g/mol. The highest BCUT2D eigenvalue weighted by molar-refractivity contribution is 6.43. The first-order chi connectivity index (χ1) is 17.9. The maximum absolute atomic E-state index is 13.6. The van der Waals surface area contributed by atoms with Crippen molar-refractivity contribution in [1.82, 2.24) is 20.5 Å². The molecule has 1 aromatic carbocycles. The van der Waals surface area contributed by atoms with Crippen LogP contribution in [-0.4, -0.2) is 72.3 Å². The van der Waals surface area contributed by atoms with Crippen molar-refractivity contribution in [2.75, 3.05) is 44.2 Å². The molecule has 37 heavy (non-hydrogen) atoms. The second-order valence-corrected chi connectivity index (χ2v) is 10.6. The van der Waals surface area contributed by atoms with E-state index in [1.165, 1.54) is 0 Å². The number of aromatic nitrogens is 1. The Morgan fingerprint density at radius 3 is 2.51 bits per heavy atom. The van der Waals surface area contributed by atoms with Gasteiger partial charge >= 0.3 is 0 Å². The molecule has 2 aromatic rings. The molecule has 2 N–H and O–H groups in total.